The van der Waals surface area contributed by atoms with Crippen LogP contribution < -0.4 is 16.0 Å². The zero-order chi connectivity index (χ0) is 12.1. The van der Waals surface area contributed by atoms with Crippen LogP contribution in [0.25, 0.3) is 0 Å². The summed E-state index contributed by atoms with van der Waals surface area (Å²) in [5, 5.41) is 0.656. The minimum Gasteiger partial charge on any atom is -0.489 e. The lowest BCUT2D eigenvalue weighted by Gasteiger charge is -2.06. The highest BCUT2D eigenvalue weighted by Gasteiger charge is 1.98. The normalized spacial score (nSPS) is 10.0. The van der Waals surface area contributed by atoms with Crippen molar-refractivity contribution in [1.29, 1.82) is 0 Å². The number of nitrogens with one attached hydrogen (secondary N) is 1. The number of ether oxygens (including phenoxy) is 1. The predicted molar refractivity (Wildman–Crippen MR) is 67.8 cm³/mol. The Bertz CT molecular complexity index is 487. The SMILES string of the molecule is NNc1ccc(COc2cccc(Cl)c2)cn1. The molecule has 0 unspecified atom stereocenters. The summed E-state index contributed by atoms with van der Waals surface area (Å²) in [7, 11) is 0. The molecule has 2 aromatic rings. The molecule has 17 heavy (non-hydrogen) atoms. The lowest BCUT2D eigenvalue weighted by molar-refractivity contribution is 0.306. The first-order valence-electron chi connectivity index (χ1n) is 5.08. The Morgan fingerprint density at radius 2 is 2.18 bits per heavy atom. The van der Waals surface area contributed by atoms with Crippen molar-refractivity contribution < 1.29 is 4.74 Å². The molecule has 88 valence electrons. The second-order valence-electron chi connectivity index (χ2n) is 3.44. The highest BCUT2D eigenvalue weighted by Crippen LogP contribution is 2.18. The molecule has 2 rings (SSSR count). The molecular formula is C12H12ClN3O. The summed E-state index contributed by atoms with van der Waals surface area (Å²) in [5.74, 6) is 6.58. The van der Waals surface area contributed by atoms with Crippen molar-refractivity contribution in [3.63, 3.8) is 0 Å². The number of benzene rings is 1. The van der Waals surface area contributed by atoms with E-state index in [1.165, 1.54) is 0 Å². The Morgan fingerprint density at radius 3 is 2.82 bits per heavy atom. The number of halogens is 1. The van der Waals surface area contributed by atoms with E-state index in [4.69, 9.17) is 22.2 Å². The summed E-state index contributed by atoms with van der Waals surface area (Å²) in [6.07, 6.45) is 1.71. The highest BCUT2D eigenvalue weighted by atomic mass is 35.5. The number of pyridine rings is 1. The monoisotopic (exact) mass is 249 g/mol. The second-order valence-corrected chi connectivity index (χ2v) is 3.88. The third-order valence-corrected chi connectivity index (χ3v) is 2.41. The van der Waals surface area contributed by atoms with Gasteiger partial charge in [0.05, 0.1) is 0 Å². The molecule has 0 aliphatic rings. The molecule has 1 heterocycles. The molecule has 0 fully saturated rings. The van der Waals surface area contributed by atoms with E-state index in [9.17, 15) is 0 Å². The van der Waals surface area contributed by atoms with E-state index in [2.05, 4.69) is 10.4 Å². The first-order chi connectivity index (χ1) is 8.28. The maximum Gasteiger partial charge on any atom is 0.139 e. The van der Waals surface area contributed by atoms with E-state index in [1.807, 2.05) is 18.2 Å². The van der Waals surface area contributed by atoms with E-state index < -0.39 is 0 Å². The molecule has 0 saturated carbocycles. The molecule has 0 bridgehead atoms. The fraction of sp³-hybridized carbons (Fsp3) is 0.0833. The molecule has 1 aromatic heterocycles. The molecule has 4 nitrogen and oxygen atoms in total. The van der Waals surface area contributed by atoms with Gasteiger partial charge < -0.3 is 10.2 Å². The molecule has 0 amide bonds. The van der Waals surface area contributed by atoms with Crippen LogP contribution in [0.15, 0.2) is 42.6 Å². The Balaban J connectivity index is 1.97. The van der Waals surface area contributed by atoms with Crippen molar-refractivity contribution in [3.05, 3.63) is 53.2 Å². The van der Waals surface area contributed by atoms with E-state index >= 15 is 0 Å². The van der Waals surface area contributed by atoms with Crippen molar-refractivity contribution in [1.82, 2.24) is 4.98 Å². The third-order valence-electron chi connectivity index (χ3n) is 2.17. The van der Waals surface area contributed by atoms with E-state index in [0.29, 0.717) is 17.4 Å². The highest BCUT2D eigenvalue weighted by molar-refractivity contribution is 6.30. The van der Waals surface area contributed by atoms with E-state index in [1.54, 1.807) is 24.4 Å². The summed E-state index contributed by atoms with van der Waals surface area (Å²) >= 11 is 5.85. The second kappa shape index (κ2) is 5.52. The number of aromatic nitrogens is 1. The molecule has 0 atom stereocenters. The number of nitrogens with zero attached hydrogens (tertiary/aromatic N) is 1. The van der Waals surface area contributed by atoms with Gasteiger partial charge in [0.1, 0.15) is 18.2 Å². The van der Waals surface area contributed by atoms with Crippen molar-refractivity contribution in [2.75, 3.05) is 5.43 Å². The number of hydrogen-bond acceptors (Lipinski definition) is 4. The van der Waals surface area contributed by atoms with Gasteiger partial charge in [0, 0.05) is 16.8 Å². The van der Waals surface area contributed by atoms with Crippen LogP contribution in [0.4, 0.5) is 5.82 Å². The Hall–Kier alpha value is -1.78. The first kappa shape index (κ1) is 11.7. The number of hydrogen-bond donors (Lipinski definition) is 2. The Labute approximate surface area is 104 Å². The van der Waals surface area contributed by atoms with Gasteiger partial charge in [-0.1, -0.05) is 23.7 Å². The first-order valence-corrected chi connectivity index (χ1v) is 5.45. The fourth-order valence-electron chi connectivity index (χ4n) is 1.32. The van der Waals surface area contributed by atoms with E-state index in [-0.39, 0.29) is 0 Å². The Morgan fingerprint density at radius 1 is 1.29 bits per heavy atom. The molecule has 0 radical (unpaired) electrons. The van der Waals surface area contributed by atoms with Gasteiger partial charge in [-0.3, -0.25) is 0 Å². The quantitative estimate of drug-likeness (QED) is 0.646. The third kappa shape index (κ3) is 3.34. The van der Waals surface area contributed by atoms with E-state index in [0.717, 1.165) is 11.3 Å². The number of anilines is 1. The molecule has 0 spiro atoms. The standard InChI is InChI=1S/C12H12ClN3O/c13-10-2-1-3-11(6-10)17-8-9-4-5-12(16-14)15-7-9/h1-7H,8,14H2,(H,15,16). The average molecular weight is 250 g/mol. The number of nitrogen functional groups attached to an aromatic ring is 1. The summed E-state index contributed by atoms with van der Waals surface area (Å²) in [5.41, 5.74) is 3.43. The van der Waals surface area contributed by atoms with Crippen LogP contribution in [0.1, 0.15) is 5.56 Å². The fourth-order valence-corrected chi connectivity index (χ4v) is 1.50. The van der Waals surface area contributed by atoms with Gasteiger partial charge in [-0.05, 0) is 24.3 Å². The number of nitrogens with two attached hydrogens (primary N) is 1. The molecule has 3 N–H and O–H groups in total. The minimum atomic E-state index is 0.443. The van der Waals surface area contributed by atoms with Gasteiger partial charge in [0.2, 0.25) is 0 Å². The molecule has 0 aliphatic carbocycles. The number of hydrazine groups is 1. The topological polar surface area (TPSA) is 60.2 Å². The van der Waals surface area contributed by atoms with Crippen LogP contribution in [-0.4, -0.2) is 4.98 Å². The van der Waals surface area contributed by atoms with Gasteiger partial charge in [0.15, 0.2) is 0 Å². The molecule has 0 saturated heterocycles. The maximum absolute atomic E-state index is 5.85. The van der Waals surface area contributed by atoms with Crippen molar-refractivity contribution in [2.45, 2.75) is 6.61 Å². The van der Waals surface area contributed by atoms with Gasteiger partial charge in [0.25, 0.3) is 0 Å². The van der Waals surface area contributed by atoms with Gasteiger partial charge in [-0.2, -0.15) is 0 Å². The summed E-state index contributed by atoms with van der Waals surface area (Å²) in [6, 6.07) is 11.0. The largest absolute Gasteiger partial charge is 0.489 e. The maximum atomic E-state index is 5.85. The van der Waals surface area contributed by atoms with Gasteiger partial charge >= 0.3 is 0 Å². The predicted octanol–water partition coefficient (Wildman–Crippen LogP) is 2.60. The lowest BCUT2D eigenvalue weighted by Crippen LogP contribution is -2.08. The van der Waals surface area contributed by atoms with Crippen molar-refractivity contribution in [3.8, 4) is 5.75 Å². The summed E-state index contributed by atoms with van der Waals surface area (Å²) in [4.78, 5) is 4.08. The van der Waals surface area contributed by atoms with Gasteiger partial charge in [-0.15, -0.1) is 0 Å². The number of rotatable bonds is 4. The molecule has 1 aromatic carbocycles. The smallest absolute Gasteiger partial charge is 0.139 e. The van der Waals surface area contributed by atoms with Crippen LogP contribution in [0, 0.1) is 0 Å². The van der Waals surface area contributed by atoms with Crippen LogP contribution in [-0.2, 0) is 6.61 Å². The van der Waals surface area contributed by atoms with Crippen LogP contribution in [0.5, 0.6) is 5.75 Å². The van der Waals surface area contributed by atoms with Crippen LogP contribution >= 0.6 is 11.6 Å². The molecule has 0 aliphatic heterocycles. The zero-order valence-electron chi connectivity index (χ0n) is 9.06. The minimum absolute atomic E-state index is 0.443. The van der Waals surface area contributed by atoms with Crippen molar-refractivity contribution >= 4 is 17.4 Å². The van der Waals surface area contributed by atoms with Crippen LogP contribution in [0.2, 0.25) is 5.02 Å². The zero-order valence-corrected chi connectivity index (χ0v) is 9.82. The summed E-state index contributed by atoms with van der Waals surface area (Å²) in [6.45, 7) is 0.443. The summed E-state index contributed by atoms with van der Waals surface area (Å²) < 4.78 is 5.57. The lowest BCUT2D eigenvalue weighted by atomic mass is 10.3. The van der Waals surface area contributed by atoms with Crippen molar-refractivity contribution in [2.24, 2.45) is 5.84 Å². The average Bonchev–Trinajstić information content (AvgIpc) is 2.37. The van der Waals surface area contributed by atoms with Crippen LogP contribution in [0.3, 0.4) is 0 Å². The molecular weight excluding hydrogens is 238 g/mol. The van der Waals surface area contributed by atoms with Gasteiger partial charge in [-0.25, -0.2) is 10.8 Å². The Kier molecular flexibility index (Phi) is 3.80. The molecule has 5 heteroatoms.